The molecule has 0 bridgehead atoms. The SMILES string of the molecule is Cc1noc(C)c1Cn1c(=O)oc2ccc(C(=O)O)cc21. The van der Waals surface area contributed by atoms with Crippen molar-refractivity contribution < 1.29 is 18.8 Å². The molecule has 0 amide bonds. The van der Waals surface area contributed by atoms with Crippen molar-refractivity contribution in [2.45, 2.75) is 20.4 Å². The van der Waals surface area contributed by atoms with Crippen LogP contribution in [0.3, 0.4) is 0 Å². The molecule has 2 heterocycles. The molecule has 0 aliphatic rings. The van der Waals surface area contributed by atoms with Gasteiger partial charge in [-0.3, -0.25) is 4.57 Å². The molecule has 3 aromatic rings. The van der Waals surface area contributed by atoms with Crippen molar-refractivity contribution in [3.8, 4) is 0 Å². The number of fused-ring (bicyclic) bond motifs is 1. The van der Waals surface area contributed by atoms with Crippen molar-refractivity contribution in [3.63, 3.8) is 0 Å². The van der Waals surface area contributed by atoms with Crippen LogP contribution in [0.1, 0.15) is 27.4 Å². The maximum Gasteiger partial charge on any atom is 0.420 e. The molecule has 1 aromatic carbocycles. The maximum atomic E-state index is 12.0. The molecule has 0 radical (unpaired) electrons. The first kappa shape index (κ1) is 13.2. The Morgan fingerprint density at radius 2 is 2.14 bits per heavy atom. The van der Waals surface area contributed by atoms with Gasteiger partial charge in [0.1, 0.15) is 5.76 Å². The molecule has 0 saturated carbocycles. The fourth-order valence-corrected chi connectivity index (χ4v) is 2.23. The number of aromatic nitrogens is 2. The van der Waals surface area contributed by atoms with Crippen LogP contribution < -0.4 is 5.76 Å². The highest BCUT2D eigenvalue weighted by atomic mass is 16.5. The Morgan fingerprint density at radius 3 is 2.76 bits per heavy atom. The lowest BCUT2D eigenvalue weighted by atomic mass is 10.2. The van der Waals surface area contributed by atoms with Crippen LogP contribution in [0, 0.1) is 13.8 Å². The quantitative estimate of drug-likeness (QED) is 0.790. The molecule has 2 aromatic heterocycles. The van der Waals surface area contributed by atoms with Crippen LogP contribution in [-0.4, -0.2) is 20.8 Å². The predicted octanol–water partition coefficient (Wildman–Crippen LogP) is 1.95. The average molecular weight is 288 g/mol. The minimum Gasteiger partial charge on any atom is -0.478 e. The highest BCUT2D eigenvalue weighted by Crippen LogP contribution is 2.19. The molecule has 0 saturated heterocycles. The Labute approximate surface area is 118 Å². The summed E-state index contributed by atoms with van der Waals surface area (Å²) in [4.78, 5) is 23.0. The molecule has 108 valence electrons. The third-order valence-corrected chi connectivity index (χ3v) is 3.41. The van der Waals surface area contributed by atoms with Gasteiger partial charge < -0.3 is 14.0 Å². The van der Waals surface area contributed by atoms with Crippen molar-refractivity contribution >= 4 is 17.1 Å². The van der Waals surface area contributed by atoms with Gasteiger partial charge in [0.25, 0.3) is 0 Å². The fraction of sp³-hybridized carbons (Fsp3) is 0.214. The number of carbonyl (C=O) groups is 1. The van der Waals surface area contributed by atoms with Crippen molar-refractivity contribution in [2.75, 3.05) is 0 Å². The summed E-state index contributed by atoms with van der Waals surface area (Å²) in [6.07, 6.45) is 0. The number of carboxylic acid groups (broad SMARTS) is 1. The lowest BCUT2D eigenvalue weighted by Gasteiger charge is -2.02. The maximum absolute atomic E-state index is 12.0. The zero-order valence-corrected chi connectivity index (χ0v) is 11.4. The monoisotopic (exact) mass is 288 g/mol. The smallest absolute Gasteiger partial charge is 0.420 e. The molecule has 0 fully saturated rings. The molecule has 7 heteroatoms. The Bertz CT molecular complexity index is 880. The van der Waals surface area contributed by atoms with Gasteiger partial charge in [-0.15, -0.1) is 0 Å². The second-order valence-electron chi connectivity index (χ2n) is 4.74. The standard InChI is InChI=1S/C14H12N2O5/c1-7-10(8(2)21-15-7)6-16-11-5-9(13(17)18)3-4-12(11)20-14(16)19/h3-5H,6H2,1-2H3,(H,17,18). The van der Waals surface area contributed by atoms with Gasteiger partial charge in [0, 0.05) is 5.56 Å². The van der Waals surface area contributed by atoms with Gasteiger partial charge >= 0.3 is 11.7 Å². The van der Waals surface area contributed by atoms with Crippen molar-refractivity contribution in [3.05, 3.63) is 51.3 Å². The first-order valence-corrected chi connectivity index (χ1v) is 6.26. The van der Waals surface area contributed by atoms with E-state index in [1.54, 1.807) is 13.8 Å². The van der Waals surface area contributed by atoms with Gasteiger partial charge in [-0.05, 0) is 32.0 Å². The summed E-state index contributed by atoms with van der Waals surface area (Å²) in [5, 5.41) is 12.9. The van der Waals surface area contributed by atoms with Crippen LogP contribution in [0.2, 0.25) is 0 Å². The Hall–Kier alpha value is -2.83. The van der Waals surface area contributed by atoms with Crippen molar-refractivity contribution in [2.24, 2.45) is 0 Å². The van der Waals surface area contributed by atoms with Crippen LogP contribution in [0.4, 0.5) is 0 Å². The van der Waals surface area contributed by atoms with Gasteiger partial charge in [0.15, 0.2) is 5.58 Å². The van der Waals surface area contributed by atoms with Crippen LogP contribution in [0.15, 0.2) is 31.9 Å². The first-order valence-electron chi connectivity index (χ1n) is 6.26. The molecule has 0 aliphatic carbocycles. The lowest BCUT2D eigenvalue weighted by Crippen LogP contribution is -2.15. The van der Waals surface area contributed by atoms with E-state index in [1.807, 2.05) is 0 Å². The molecule has 0 spiro atoms. The van der Waals surface area contributed by atoms with E-state index in [9.17, 15) is 9.59 Å². The molecule has 7 nitrogen and oxygen atoms in total. The minimum absolute atomic E-state index is 0.0933. The fourth-order valence-electron chi connectivity index (χ4n) is 2.23. The van der Waals surface area contributed by atoms with Crippen LogP contribution in [0.25, 0.3) is 11.1 Å². The number of hydrogen-bond donors (Lipinski definition) is 1. The Kier molecular flexibility index (Phi) is 2.90. The number of carboxylic acids is 1. The molecule has 21 heavy (non-hydrogen) atoms. The second-order valence-corrected chi connectivity index (χ2v) is 4.74. The van der Waals surface area contributed by atoms with E-state index in [0.717, 1.165) is 5.56 Å². The van der Waals surface area contributed by atoms with E-state index in [1.165, 1.54) is 22.8 Å². The van der Waals surface area contributed by atoms with Crippen LogP contribution >= 0.6 is 0 Å². The largest absolute Gasteiger partial charge is 0.478 e. The Morgan fingerprint density at radius 1 is 1.38 bits per heavy atom. The highest BCUT2D eigenvalue weighted by Gasteiger charge is 2.16. The molecule has 0 atom stereocenters. The van der Waals surface area contributed by atoms with Gasteiger partial charge in [0.2, 0.25) is 0 Å². The van der Waals surface area contributed by atoms with E-state index in [-0.39, 0.29) is 12.1 Å². The number of nitrogens with zero attached hydrogens (tertiary/aromatic N) is 2. The summed E-state index contributed by atoms with van der Waals surface area (Å²) < 4.78 is 11.6. The number of rotatable bonds is 3. The molecule has 1 N–H and O–H groups in total. The van der Waals surface area contributed by atoms with Crippen LogP contribution in [0.5, 0.6) is 0 Å². The number of aromatic carboxylic acids is 1. The summed E-state index contributed by atoms with van der Waals surface area (Å²) >= 11 is 0. The summed E-state index contributed by atoms with van der Waals surface area (Å²) in [7, 11) is 0. The van der Waals surface area contributed by atoms with Gasteiger partial charge in [-0.2, -0.15) is 0 Å². The van der Waals surface area contributed by atoms with E-state index in [0.29, 0.717) is 22.6 Å². The first-order chi connectivity index (χ1) is 9.97. The van der Waals surface area contributed by atoms with Gasteiger partial charge in [-0.1, -0.05) is 5.16 Å². The predicted molar refractivity (Wildman–Crippen MR) is 72.5 cm³/mol. The van der Waals surface area contributed by atoms with E-state index >= 15 is 0 Å². The molecule has 3 rings (SSSR count). The van der Waals surface area contributed by atoms with Gasteiger partial charge in [0.05, 0.1) is 23.3 Å². The average Bonchev–Trinajstić information content (AvgIpc) is 2.92. The minimum atomic E-state index is -1.06. The lowest BCUT2D eigenvalue weighted by molar-refractivity contribution is 0.0697. The van der Waals surface area contributed by atoms with E-state index < -0.39 is 11.7 Å². The summed E-state index contributed by atoms with van der Waals surface area (Å²) in [5.41, 5.74) is 2.33. The molecular formula is C14H12N2O5. The topological polar surface area (TPSA) is 98.5 Å². The highest BCUT2D eigenvalue weighted by molar-refractivity contribution is 5.91. The summed E-state index contributed by atoms with van der Waals surface area (Å²) in [5.74, 6) is -0.995. The number of hydrogen-bond acceptors (Lipinski definition) is 5. The van der Waals surface area contributed by atoms with Gasteiger partial charge in [-0.25, -0.2) is 9.59 Å². The zero-order valence-electron chi connectivity index (χ0n) is 11.4. The van der Waals surface area contributed by atoms with Crippen molar-refractivity contribution in [1.29, 1.82) is 0 Å². The third kappa shape index (κ3) is 2.12. The number of oxazole rings is 1. The molecule has 0 unspecified atom stereocenters. The summed E-state index contributed by atoms with van der Waals surface area (Å²) in [6.45, 7) is 3.75. The summed E-state index contributed by atoms with van der Waals surface area (Å²) in [6, 6.07) is 4.29. The second kappa shape index (κ2) is 4.62. The number of benzene rings is 1. The normalized spacial score (nSPS) is 11.1. The molecular weight excluding hydrogens is 276 g/mol. The van der Waals surface area contributed by atoms with E-state index in [4.69, 9.17) is 14.0 Å². The zero-order chi connectivity index (χ0) is 15.1. The Balaban J connectivity index is 2.17. The van der Waals surface area contributed by atoms with E-state index in [2.05, 4.69) is 5.16 Å². The molecule has 0 aliphatic heterocycles. The van der Waals surface area contributed by atoms with Crippen LogP contribution in [-0.2, 0) is 6.54 Å². The number of aryl methyl sites for hydroxylation is 2. The third-order valence-electron chi connectivity index (χ3n) is 3.41. The van der Waals surface area contributed by atoms with Crippen molar-refractivity contribution in [1.82, 2.24) is 9.72 Å².